The van der Waals surface area contributed by atoms with Gasteiger partial charge in [0, 0.05) is 5.56 Å². The van der Waals surface area contributed by atoms with E-state index in [-0.39, 0.29) is 0 Å². The molecule has 0 N–H and O–H groups in total. The van der Waals surface area contributed by atoms with Crippen LogP contribution in [0.15, 0.2) is 46.9 Å². The van der Waals surface area contributed by atoms with Crippen LogP contribution < -0.4 is 0 Å². The number of aryl methyl sites for hydroxylation is 3. The SMILES string of the molecule is Cc1ccc2c(c1)Cc1cc(-c3cc(C)oc3C)ccc1-2. The number of furan rings is 1. The second kappa shape index (κ2) is 4.36. The predicted octanol–water partition coefficient (Wildman–Crippen LogP) is 5.44. The van der Waals surface area contributed by atoms with Crippen molar-refractivity contribution in [2.75, 3.05) is 0 Å². The van der Waals surface area contributed by atoms with E-state index in [1.54, 1.807) is 0 Å². The molecule has 21 heavy (non-hydrogen) atoms. The van der Waals surface area contributed by atoms with Crippen molar-refractivity contribution < 1.29 is 4.42 Å². The maximum Gasteiger partial charge on any atom is 0.108 e. The van der Waals surface area contributed by atoms with Gasteiger partial charge in [0.15, 0.2) is 0 Å². The summed E-state index contributed by atoms with van der Waals surface area (Å²) in [6.07, 6.45) is 1.04. The molecule has 0 spiro atoms. The van der Waals surface area contributed by atoms with E-state index in [0.29, 0.717) is 0 Å². The van der Waals surface area contributed by atoms with Crippen LogP contribution in [0.4, 0.5) is 0 Å². The molecule has 1 heterocycles. The predicted molar refractivity (Wildman–Crippen MR) is 86.6 cm³/mol. The van der Waals surface area contributed by atoms with Crippen molar-refractivity contribution >= 4 is 0 Å². The molecule has 0 bridgehead atoms. The number of hydrogen-bond acceptors (Lipinski definition) is 1. The molecule has 0 fully saturated rings. The van der Waals surface area contributed by atoms with Crippen molar-refractivity contribution in [1.29, 1.82) is 0 Å². The standard InChI is InChI=1S/C20H18O/c1-12-4-6-18-16(8-12)11-17-10-15(5-7-19(17)18)20-9-13(2)21-14(20)3/h4-10H,11H2,1-3H3. The van der Waals surface area contributed by atoms with Crippen LogP contribution in [0.1, 0.15) is 28.2 Å². The highest BCUT2D eigenvalue weighted by atomic mass is 16.3. The third-order valence-corrected chi connectivity index (χ3v) is 4.39. The molecule has 2 aromatic carbocycles. The Labute approximate surface area is 125 Å². The molecule has 0 unspecified atom stereocenters. The van der Waals surface area contributed by atoms with Crippen molar-refractivity contribution in [3.05, 3.63) is 70.7 Å². The number of rotatable bonds is 1. The fourth-order valence-electron chi connectivity index (χ4n) is 3.42. The number of fused-ring (bicyclic) bond motifs is 3. The maximum absolute atomic E-state index is 5.67. The molecule has 0 radical (unpaired) electrons. The van der Waals surface area contributed by atoms with E-state index >= 15 is 0 Å². The Hall–Kier alpha value is -2.28. The lowest BCUT2D eigenvalue weighted by Crippen LogP contribution is -1.83. The Balaban J connectivity index is 1.83. The smallest absolute Gasteiger partial charge is 0.108 e. The zero-order valence-electron chi connectivity index (χ0n) is 12.7. The van der Waals surface area contributed by atoms with E-state index in [9.17, 15) is 0 Å². The molecule has 0 amide bonds. The zero-order chi connectivity index (χ0) is 14.6. The van der Waals surface area contributed by atoms with Crippen molar-refractivity contribution in [2.24, 2.45) is 0 Å². The average Bonchev–Trinajstić information content (AvgIpc) is 2.96. The average molecular weight is 274 g/mol. The van der Waals surface area contributed by atoms with Gasteiger partial charge < -0.3 is 4.42 Å². The topological polar surface area (TPSA) is 13.1 Å². The molecular weight excluding hydrogens is 256 g/mol. The summed E-state index contributed by atoms with van der Waals surface area (Å²) in [6, 6.07) is 15.7. The summed E-state index contributed by atoms with van der Waals surface area (Å²) >= 11 is 0. The van der Waals surface area contributed by atoms with Crippen LogP contribution in [0.3, 0.4) is 0 Å². The van der Waals surface area contributed by atoms with Gasteiger partial charge in [-0.3, -0.25) is 0 Å². The zero-order valence-corrected chi connectivity index (χ0v) is 12.7. The summed E-state index contributed by atoms with van der Waals surface area (Å²) in [4.78, 5) is 0. The Morgan fingerprint density at radius 1 is 0.762 bits per heavy atom. The lowest BCUT2D eigenvalue weighted by molar-refractivity contribution is 0.505. The van der Waals surface area contributed by atoms with E-state index < -0.39 is 0 Å². The maximum atomic E-state index is 5.67. The molecule has 0 atom stereocenters. The quantitative estimate of drug-likeness (QED) is 0.450. The first kappa shape index (κ1) is 12.5. The summed E-state index contributed by atoms with van der Waals surface area (Å²) in [5, 5.41) is 0. The summed E-state index contributed by atoms with van der Waals surface area (Å²) in [7, 11) is 0. The monoisotopic (exact) mass is 274 g/mol. The number of benzene rings is 2. The van der Waals surface area contributed by atoms with E-state index in [4.69, 9.17) is 4.42 Å². The van der Waals surface area contributed by atoms with Crippen LogP contribution in [0.25, 0.3) is 22.3 Å². The first-order valence-electron chi connectivity index (χ1n) is 7.42. The molecule has 0 saturated carbocycles. The van der Waals surface area contributed by atoms with Gasteiger partial charge in [-0.1, -0.05) is 42.0 Å². The number of hydrogen-bond donors (Lipinski definition) is 0. The first-order chi connectivity index (χ1) is 10.1. The highest BCUT2D eigenvalue weighted by molar-refractivity contribution is 5.80. The van der Waals surface area contributed by atoms with Crippen LogP contribution in [-0.2, 0) is 6.42 Å². The molecule has 1 aromatic heterocycles. The largest absolute Gasteiger partial charge is 0.466 e. The highest BCUT2D eigenvalue weighted by Gasteiger charge is 2.19. The van der Waals surface area contributed by atoms with Gasteiger partial charge in [-0.05, 0) is 61.1 Å². The second-order valence-electron chi connectivity index (χ2n) is 6.04. The first-order valence-corrected chi connectivity index (χ1v) is 7.42. The third kappa shape index (κ3) is 1.92. The van der Waals surface area contributed by atoms with Gasteiger partial charge in [0.05, 0.1) is 0 Å². The van der Waals surface area contributed by atoms with Crippen molar-refractivity contribution in [1.82, 2.24) is 0 Å². The van der Waals surface area contributed by atoms with Gasteiger partial charge >= 0.3 is 0 Å². The lowest BCUT2D eigenvalue weighted by atomic mass is 9.99. The van der Waals surface area contributed by atoms with Crippen molar-refractivity contribution in [2.45, 2.75) is 27.2 Å². The second-order valence-corrected chi connectivity index (χ2v) is 6.04. The third-order valence-electron chi connectivity index (χ3n) is 4.39. The highest BCUT2D eigenvalue weighted by Crippen LogP contribution is 2.39. The molecule has 1 heteroatoms. The van der Waals surface area contributed by atoms with E-state index in [0.717, 1.165) is 17.9 Å². The molecule has 0 aliphatic heterocycles. The Kier molecular flexibility index (Phi) is 2.58. The van der Waals surface area contributed by atoms with Crippen molar-refractivity contribution in [3.63, 3.8) is 0 Å². The molecule has 1 aliphatic rings. The summed E-state index contributed by atoms with van der Waals surface area (Å²) in [5.74, 6) is 1.97. The minimum Gasteiger partial charge on any atom is -0.466 e. The van der Waals surface area contributed by atoms with Gasteiger partial charge in [0.25, 0.3) is 0 Å². The minimum atomic E-state index is 0.974. The van der Waals surface area contributed by atoms with Gasteiger partial charge in [0.1, 0.15) is 11.5 Å². The van der Waals surface area contributed by atoms with Crippen molar-refractivity contribution in [3.8, 4) is 22.3 Å². The van der Waals surface area contributed by atoms with Crippen LogP contribution >= 0.6 is 0 Å². The van der Waals surface area contributed by atoms with Crippen LogP contribution in [0.5, 0.6) is 0 Å². The Morgan fingerprint density at radius 2 is 1.48 bits per heavy atom. The lowest BCUT2D eigenvalue weighted by Gasteiger charge is -2.04. The molecule has 1 nitrogen and oxygen atoms in total. The molecular formula is C20H18O. The Morgan fingerprint density at radius 3 is 2.19 bits per heavy atom. The van der Waals surface area contributed by atoms with Gasteiger partial charge in [0.2, 0.25) is 0 Å². The molecule has 4 rings (SSSR count). The fourth-order valence-corrected chi connectivity index (χ4v) is 3.42. The summed E-state index contributed by atoms with van der Waals surface area (Å²) in [5.41, 5.74) is 9.45. The molecule has 104 valence electrons. The molecule has 1 aliphatic carbocycles. The van der Waals surface area contributed by atoms with E-state index in [2.05, 4.69) is 49.4 Å². The minimum absolute atomic E-state index is 0.974. The Bertz CT molecular complexity index is 852. The summed E-state index contributed by atoms with van der Waals surface area (Å²) < 4.78 is 5.67. The van der Waals surface area contributed by atoms with Crippen LogP contribution in [0.2, 0.25) is 0 Å². The van der Waals surface area contributed by atoms with E-state index in [1.807, 2.05) is 13.8 Å². The normalized spacial score (nSPS) is 12.3. The van der Waals surface area contributed by atoms with Gasteiger partial charge in [-0.15, -0.1) is 0 Å². The molecule has 3 aromatic rings. The fraction of sp³-hybridized carbons (Fsp3) is 0.200. The van der Waals surface area contributed by atoms with E-state index in [1.165, 1.54) is 38.9 Å². The van der Waals surface area contributed by atoms with Gasteiger partial charge in [-0.2, -0.15) is 0 Å². The van der Waals surface area contributed by atoms with Crippen LogP contribution in [-0.4, -0.2) is 0 Å². The van der Waals surface area contributed by atoms with Gasteiger partial charge in [-0.25, -0.2) is 0 Å². The summed E-state index contributed by atoms with van der Waals surface area (Å²) in [6.45, 7) is 6.20. The van der Waals surface area contributed by atoms with Crippen LogP contribution in [0, 0.1) is 20.8 Å². The molecule has 0 saturated heterocycles.